The summed E-state index contributed by atoms with van der Waals surface area (Å²) < 4.78 is 0. The summed E-state index contributed by atoms with van der Waals surface area (Å²) in [5.41, 5.74) is 1.55. The molecule has 1 amide bonds. The standard InChI is InChI=1S/C16H21NO3S/c1-10-7-8-11(21-2)9-13(10)15(18)17-14-6-4-3-5-12(14)16(19)20/h7-9,12,14H,3-6H2,1-2H3,(H,17,18)(H,19,20). The number of carboxylic acids is 1. The van der Waals surface area contributed by atoms with E-state index in [-0.39, 0.29) is 11.9 Å². The molecule has 1 fully saturated rings. The van der Waals surface area contributed by atoms with E-state index < -0.39 is 11.9 Å². The van der Waals surface area contributed by atoms with Gasteiger partial charge in [-0.2, -0.15) is 0 Å². The van der Waals surface area contributed by atoms with Crippen LogP contribution in [0.1, 0.15) is 41.6 Å². The van der Waals surface area contributed by atoms with Crippen LogP contribution in [0.4, 0.5) is 0 Å². The van der Waals surface area contributed by atoms with Crippen LogP contribution in [0.25, 0.3) is 0 Å². The number of hydrogen-bond acceptors (Lipinski definition) is 3. The minimum Gasteiger partial charge on any atom is -0.481 e. The van der Waals surface area contributed by atoms with E-state index in [1.54, 1.807) is 11.8 Å². The molecule has 114 valence electrons. The van der Waals surface area contributed by atoms with Crippen molar-refractivity contribution >= 4 is 23.6 Å². The molecule has 2 atom stereocenters. The maximum absolute atomic E-state index is 12.5. The van der Waals surface area contributed by atoms with E-state index in [2.05, 4.69) is 5.32 Å². The second-order valence-corrected chi connectivity index (χ2v) is 6.37. The molecule has 0 radical (unpaired) electrons. The zero-order valence-corrected chi connectivity index (χ0v) is 13.2. The lowest BCUT2D eigenvalue weighted by Gasteiger charge is -2.29. The van der Waals surface area contributed by atoms with Crippen molar-refractivity contribution in [3.63, 3.8) is 0 Å². The smallest absolute Gasteiger partial charge is 0.308 e. The number of aliphatic carboxylic acids is 1. The van der Waals surface area contributed by atoms with Crippen molar-refractivity contribution < 1.29 is 14.7 Å². The minimum atomic E-state index is -0.811. The number of amides is 1. The summed E-state index contributed by atoms with van der Waals surface area (Å²) in [6, 6.07) is 5.52. The van der Waals surface area contributed by atoms with Gasteiger partial charge in [0, 0.05) is 16.5 Å². The van der Waals surface area contributed by atoms with E-state index in [9.17, 15) is 14.7 Å². The van der Waals surface area contributed by atoms with Crippen LogP contribution < -0.4 is 5.32 Å². The van der Waals surface area contributed by atoms with E-state index in [1.165, 1.54) is 0 Å². The predicted molar refractivity (Wildman–Crippen MR) is 83.8 cm³/mol. The zero-order valence-electron chi connectivity index (χ0n) is 12.4. The van der Waals surface area contributed by atoms with E-state index in [1.807, 2.05) is 31.4 Å². The fourth-order valence-corrected chi connectivity index (χ4v) is 3.26. The predicted octanol–water partition coefficient (Wildman–Crippen LogP) is 3.09. The van der Waals surface area contributed by atoms with Crippen molar-refractivity contribution in [2.45, 2.75) is 43.5 Å². The number of aryl methyl sites for hydroxylation is 1. The fraction of sp³-hybridized carbons (Fsp3) is 0.500. The van der Waals surface area contributed by atoms with E-state index in [4.69, 9.17) is 0 Å². The molecule has 0 spiro atoms. The van der Waals surface area contributed by atoms with Crippen LogP contribution in [0.15, 0.2) is 23.1 Å². The Kier molecular flexibility index (Phi) is 5.28. The molecule has 0 heterocycles. The molecular weight excluding hydrogens is 286 g/mol. The fourth-order valence-electron chi connectivity index (χ4n) is 2.82. The van der Waals surface area contributed by atoms with Crippen LogP contribution in [-0.4, -0.2) is 29.3 Å². The molecule has 0 saturated heterocycles. The van der Waals surface area contributed by atoms with Crippen molar-refractivity contribution in [1.29, 1.82) is 0 Å². The van der Waals surface area contributed by atoms with Gasteiger partial charge in [-0.15, -0.1) is 11.8 Å². The SMILES string of the molecule is CSc1ccc(C)c(C(=O)NC2CCCCC2C(=O)O)c1. The largest absolute Gasteiger partial charge is 0.481 e. The number of nitrogens with one attached hydrogen (secondary N) is 1. The number of hydrogen-bond donors (Lipinski definition) is 2. The summed E-state index contributed by atoms with van der Waals surface area (Å²) in [7, 11) is 0. The molecule has 0 aromatic heterocycles. The summed E-state index contributed by atoms with van der Waals surface area (Å²) in [5, 5.41) is 12.2. The average Bonchev–Trinajstić information content (AvgIpc) is 2.48. The number of benzene rings is 1. The zero-order chi connectivity index (χ0) is 15.4. The summed E-state index contributed by atoms with van der Waals surface area (Å²) in [6.07, 6.45) is 5.24. The second kappa shape index (κ2) is 6.98. The van der Waals surface area contributed by atoms with Crippen molar-refractivity contribution in [2.75, 3.05) is 6.26 Å². The third-order valence-corrected chi connectivity index (χ3v) is 4.81. The van der Waals surface area contributed by atoms with Gasteiger partial charge in [-0.25, -0.2) is 0 Å². The first-order chi connectivity index (χ1) is 10.0. The highest BCUT2D eigenvalue weighted by molar-refractivity contribution is 7.98. The lowest BCUT2D eigenvalue weighted by atomic mass is 9.84. The monoisotopic (exact) mass is 307 g/mol. The number of carboxylic acid groups (broad SMARTS) is 1. The van der Waals surface area contributed by atoms with E-state index in [0.29, 0.717) is 12.0 Å². The van der Waals surface area contributed by atoms with Crippen molar-refractivity contribution in [3.8, 4) is 0 Å². The van der Waals surface area contributed by atoms with Gasteiger partial charge in [-0.05, 0) is 43.7 Å². The van der Waals surface area contributed by atoms with Crippen molar-refractivity contribution in [3.05, 3.63) is 29.3 Å². The van der Waals surface area contributed by atoms with Gasteiger partial charge < -0.3 is 10.4 Å². The van der Waals surface area contributed by atoms with Crippen LogP contribution in [0.5, 0.6) is 0 Å². The van der Waals surface area contributed by atoms with Gasteiger partial charge in [0.1, 0.15) is 0 Å². The van der Waals surface area contributed by atoms with Crippen LogP contribution in [-0.2, 0) is 4.79 Å². The first-order valence-corrected chi connectivity index (χ1v) is 8.43. The summed E-state index contributed by atoms with van der Waals surface area (Å²) in [5.74, 6) is -1.44. The van der Waals surface area contributed by atoms with Gasteiger partial charge in [0.25, 0.3) is 5.91 Å². The molecule has 2 unspecified atom stereocenters. The van der Waals surface area contributed by atoms with Crippen molar-refractivity contribution in [2.24, 2.45) is 5.92 Å². The molecule has 5 heteroatoms. The lowest BCUT2D eigenvalue weighted by molar-refractivity contribution is -0.143. The van der Waals surface area contributed by atoms with Crippen LogP contribution in [0.2, 0.25) is 0 Å². The Balaban J connectivity index is 2.15. The number of carbonyl (C=O) groups is 2. The quantitative estimate of drug-likeness (QED) is 0.839. The summed E-state index contributed by atoms with van der Waals surface area (Å²) >= 11 is 1.59. The van der Waals surface area contributed by atoms with Crippen LogP contribution in [0, 0.1) is 12.8 Å². The minimum absolute atomic E-state index is 0.165. The highest BCUT2D eigenvalue weighted by Crippen LogP contribution is 2.26. The van der Waals surface area contributed by atoms with Gasteiger partial charge >= 0.3 is 5.97 Å². The summed E-state index contributed by atoms with van der Waals surface area (Å²) in [4.78, 5) is 24.8. The van der Waals surface area contributed by atoms with Gasteiger partial charge in [0.15, 0.2) is 0 Å². The highest BCUT2D eigenvalue weighted by Gasteiger charge is 2.32. The van der Waals surface area contributed by atoms with Crippen molar-refractivity contribution in [1.82, 2.24) is 5.32 Å². The number of thioether (sulfide) groups is 1. The Bertz CT molecular complexity index is 544. The first-order valence-electron chi connectivity index (χ1n) is 7.21. The molecule has 0 aliphatic heterocycles. The molecule has 0 bridgehead atoms. The average molecular weight is 307 g/mol. The van der Waals surface area contributed by atoms with Gasteiger partial charge in [-0.1, -0.05) is 18.9 Å². The molecule has 1 aromatic carbocycles. The molecule has 1 saturated carbocycles. The van der Waals surface area contributed by atoms with Crippen LogP contribution in [0.3, 0.4) is 0 Å². The molecule has 4 nitrogen and oxygen atoms in total. The van der Waals surface area contributed by atoms with Gasteiger partial charge in [-0.3, -0.25) is 9.59 Å². The molecular formula is C16H21NO3S. The molecule has 1 aliphatic rings. The maximum Gasteiger partial charge on any atom is 0.308 e. The molecule has 21 heavy (non-hydrogen) atoms. The Morgan fingerprint density at radius 2 is 2.00 bits per heavy atom. The summed E-state index contributed by atoms with van der Waals surface area (Å²) in [6.45, 7) is 1.90. The number of carbonyl (C=O) groups excluding carboxylic acids is 1. The third kappa shape index (κ3) is 3.79. The van der Waals surface area contributed by atoms with Crippen LogP contribution >= 0.6 is 11.8 Å². The second-order valence-electron chi connectivity index (χ2n) is 5.49. The first kappa shape index (κ1) is 15.9. The van der Waals surface area contributed by atoms with Gasteiger partial charge in [0.05, 0.1) is 5.92 Å². The topological polar surface area (TPSA) is 66.4 Å². The Morgan fingerprint density at radius 1 is 1.29 bits per heavy atom. The number of rotatable bonds is 4. The molecule has 2 rings (SSSR count). The Hall–Kier alpha value is -1.49. The third-order valence-electron chi connectivity index (χ3n) is 4.09. The van der Waals surface area contributed by atoms with Gasteiger partial charge in [0.2, 0.25) is 0 Å². The molecule has 2 N–H and O–H groups in total. The maximum atomic E-state index is 12.5. The Morgan fingerprint density at radius 3 is 2.67 bits per heavy atom. The van der Waals surface area contributed by atoms with E-state index >= 15 is 0 Å². The lowest BCUT2D eigenvalue weighted by Crippen LogP contribution is -2.45. The molecule has 1 aliphatic carbocycles. The highest BCUT2D eigenvalue weighted by atomic mass is 32.2. The van der Waals surface area contributed by atoms with E-state index in [0.717, 1.165) is 29.7 Å². The molecule has 1 aromatic rings. The normalized spacial score (nSPS) is 21.8. The Labute approximate surface area is 129 Å².